The molecule has 0 amide bonds. The highest BCUT2D eigenvalue weighted by molar-refractivity contribution is 9.12. The van der Waals surface area contributed by atoms with Crippen LogP contribution in [0.1, 0.15) is 11.7 Å². The molecule has 2 heterocycles. The van der Waals surface area contributed by atoms with Crippen LogP contribution in [0, 0.1) is 0 Å². The summed E-state index contributed by atoms with van der Waals surface area (Å²) in [6, 6.07) is 9.37. The van der Waals surface area contributed by atoms with Crippen LogP contribution < -0.4 is 9.47 Å². The molecular formula is C13H10Br2O3S. The van der Waals surface area contributed by atoms with Gasteiger partial charge in [0.15, 0.2) is 17.6 Å². The van der Waals surface area contributed by atoms with Crippen molar-refractivity contribution in [3.63, 3.8) is 0 Å². The van der Waals surface area contributed by atoms with Gasteiger partial charge in [-0.2, -0.15) is 0 Å². The van der Waals surface area contributed by atoms with Crippen molar-refractivity contribution >= 4 is 43.2 Å². The summed E-state index contributed by atoms with van der Waals surface area (Å²) in [7, 11) is 0. The van der Waals surface area contributed by atoms with Crippen LogP contribution in [0.15, 0.2) is 37.9 Å². The molecule has 0 bridgehead atoms. The topological polar surface area (TPSA) is 38.7 Å². The zero-order valence-corrected chi connectivity index (χ0v) is 13.7. The number of hydrogen-bond donors (Lipinski definition) is 1. The van der Waals surface area contributed by atoms with Crippen molar-refractivity contribution in [2.24, 2.45) is 0 Å². The van der Waals surface area contributed by atoms with Gasteiger partial charge in [-0.05, 0) is 50.1 Å². The Morgan fingerprint density at radius 2 is 2.00 bits per heavy atom. The van der Waals surface area contributed by atoms with E-state index in [-0.39, 0.29) is 0 Å². The van der Waals surface area contributed by atoms with Gasteiger partial charge in [0.2, 0.25) is 0 Å². The summed E-state index contributed by atoms with van der Waals surface area (Å²) in [6.45, 7) is 0.331. The molecule has 0 fully saturated rings. The molecule has 2 aromatic rings. The Morgan fingerprint density at radius 1 is 1.26 bits per heavy atom. The van der Waals surface area contributed by atoms with E-state index in [0.717, 1.165) is 18.9 Å². The maximum atomic E-state index is 10.4. The lowest BCUT2D eigenvalue weighted by Gasteiger charge is -2.29. The SMILES string of the molecule is OC(c1cc(Br)sc1Br)C1COc2ccccc2O1. The molecule has 1 aliphatic heterocycles. The minimum atomic E-state index is -0.731. The number of benzene rings is 1. The highest BCUT2D eigenvalue weighted by Crippen LogP contribution is 2.39. The van der Waals surface area contributed by atoms with Gasteiger partial charge in [0, 0.05) is 5.56 Å². The quantitative estimate of drug-likeness (QED) is 0.815. The van der Waals surface area contributed by atoms with Gasteiger partial charge in [-0.15, -0.1) is 11.3 Å². The standard InChI is InChI=1S/C13H10Br2O3S/c14-11-5-7(13(15)19-11)12(16)10-6-17-8-3-1-2-4-9(8)18-10/h1-5,10,12,16H,6H2. The molecule has 3 nitrogen and oxygen atoms in total. The molecule has 19 heavy (non-hydrogen) atoms. The second-order valence-electron chi connectivity index (χ2n) is 4.14. The third-order valence-corrected chi connectivity index (χ3v) is 5.27. The Balaban J connectivity index is 1.83. The number of para-hydroxylation sites is 2. The van der Waals surface area contributed by atoms with Gasteiger partial charge in [0.1, 0.15) is 12.7 Å². The Morgan fingerprint density at radius 3 is 2.68 bits per heavy atom. The normalized spacial score (nSPS) is 19.2. The van der Waals surface area contributed by atoms with Crippen LogP contribution in [-0.4, -0.2) is 17.8 Å². The molecule has 0 spiro atoms. The van der Waals surface area contributed by atoms with Gasteiger partial charge in [-0.1, -0.05) is 12.1 Å². The third-order valence-electron chi connectivity index (χ3n) is 2.88. The van der Waals surface area contributed by atoms with Gasteiger partial charge in [-0.25, -0.2) is 0 Å². The average Bonchev–Trinajstić information content (AvgIpc) is 2.76. The number of aliphatic hydroxyl groups excluding tert-OH is 1. The van der Waals surface area contributed by atoms with Gasteiger partial charge in [0.25, 0.3) is 0 Å². The van der Waals surface area contributed by atoms with Gasteiger partial charge >= 0.3 is 0 Å². The van der Waals surface area contributed by atoms with Crippen molar-refractivity contribution in [2.75, 3.05) is 6.61 Å². The number of halogens is 2. The van der Waals surface area contributed by atoms with Crippen LogP contribution in [0.2, 0.25) is 0 Å². The summed E-state index contributed by atoms with van der Waals surface area (Å²) in [5, 5.41) is 10.4. The predicted molar refractivity (Wildman–Crippen MR) is 81.0 cm³/mol. The van der Waals surface area contributed by atoms with Gasteiger partial charge in [-0.3, -0.25) is 0 Å². The molecule has 1 aromatic carbocycles. The molecule has 2 atom stereocenters. The smallest absolute Gasteiger partial charge is 0.163 e. The van der Waals surface area contributed by atoms with Crippen molar-refractivity contribution in [1.82, 2.24) is 0 Å². The first-order chi connectivity index (χ1) is 9.15. The first-order valence-corrected chi connectivity index (χ1v) is 8.06. The molecule has 0 radical (unpaired) electrons. The highest BCUT2D eigenvalue weighted by atomic mass is 79.9. The largest absolute Gasteiger partial charge is 0.486 e. The molecular weight excluding hydrogens is 396 g/mol. The molecule has 0 aliphatic carbocycles. The summed E-state index contributed by atoms with van der Waals surface area (Å²) in [5.41, 5.74) is 0.810. The Kier molecular flexibility index (Phi) is 3.84. The molecule has 3 rings (SSSR count). The van der Waals surface area contributed by atoms with Crippen LogP contribution >= 0.6 is 43.2 Å². The Labute approximate surface area is 131 Å². The number of ether oxygens (including phenoxy) is 2. The van der Waals surface area contributed by atoms with Crippen molar-refractivity contribution in [3.05, 3.63) is 43.5 Å². The van der Waals surface area contributed by atoms with Gasteiger partial charge in [0.05, 0.1) is 7.57 Å². The third kappa shape index (κ3) is 2.67. The number of thiophene rings is 1. The van der Waals surface area contributed by atoms with Crippen LogP contribution in [-0.2, 0) is 0 Å². The zero-order chi connectivity index (χ0) is 13.4. The van der Waals surface area contributed by atoms with E-state index in [2.05, 4.69) is 31.9 Å². The van der Waals surface area contributed by atoms with E-state index in [1.165, 1.54) is 11.3 Å². The van der Waals surface area contributed by atoms with Crippen LogP contribution in [0.4, 0.5) is 0 Å². The van der Waals surface area contributed by atoms with E-state index < -0.39 is 12.2 Å². The zero-order valence-electron chi connectivity index (χ0n) is 9.68. The van der Waals surface area contributed by atoms with Gasteiger partial charge < -0.3 is 14.6 Å². The van der Waals surface area contributed by atoms with Crippen molar-refractivity contribution in [1.29, 1.82) is 0 Å². The fourth-order valence-electron chi connectivity index (χ4n) is 1.95. The maximum absolute atomic E-state index is 10.4. The Hall–Kier alpha value is -0.560. The molecule has 1 N–H and O–H groups in total. The summed E-state index contributed by atoms with van der Waals surface area (Å²) >= 11 is 8.38. The summed E-state index contributed by atoms with van der Waals surface area (Å²) in [6.07, 6.45) is -1.14. The molecule has 6 heteroatoms. The second kappa shape index (κ2) is 5.44. The van der Waals surface area contributed by atoms with E-state index in [1.807, 2.05) is 30.3 Å². The number of aliphatic hydroxyl groups is 1. The second-order valence-corrected chi connectivity index (χ2v) is 7.89. The van der Waals surface area contributed by atoms with Crippen LogP contribution in [0.25, 0.3) is 0 Å². The van der Waals surface area contributed by atoms with Crippen LogP contribution in [0.3, 0.4) is 0 Å². The van der Waals surface area contributed by atoms with E-state index in [9.17, 15) is 5.11 Å². The molecule has 2 unspecified atom stereocenters. The Bertz CT molecular complexity index is 599. The minimum Gasteiger partial charge on any atom is -0.486 e. The molecule has 1 aliphatic rings. The first-order valence-electron chi connectivity index (χ1n) is 5.66. The van der Waals surface area contributed by atoms with E-state index >= 15 is 0 Å². The fraction of sp³-hybridized carbons (Fsp3) is 0.231. The van der Waals surface area contributed by atoms with Crippen molar-refractivity contribution < 1.29 is 14.6 Å². The maximum Gasteiger partial charge on any atom is 0.163 e. The highest BCUT2D eigenvalue weighted by Gasteiger charge is 2.30. The summed E-state index contributed by atoms with van der Waals surface area (Å²) < 4.78 is 13.3. The fourth-order valence-corrected chi connectivity index (χ4v) is 4.86. The van der Waals surface area contributed by atoms with Crippen LogP contribution in [0.5, 0.6) is 11.5 Å². The first kappa shape index (κ1) is 13.4. The van der Waals surface area contributed by atoms with Crippen molar-refractivity contribution in [2.45, 2.75) is 12.2 Å². The minimum absolute atomic E-state index is 0.331. The summed E-state index contributed by atoms with van der Waals surface area (Å²) in [4.78, 5) is 0. The number of rotatable bonds is 2. The average molecular weight is 406 g/mol. The van der Waals surface area contributed by atoms with Crippen molar-refractivity contribution in [3.8, 4) is 11.5 Å². The predicted octanol–water partition coefficient (Wildman–Crippen LogP) is 4.15. The molecule has 1 aromatic heterocycles. The lowest BCUT2D eigenvalue weighted by molar-refractivity contribution is -0.0114. The molecule has 100 valence electrons. The molecule has 0 saturated carbocycles. The summed E-state index contributed by atoms with van der Waals surface area (Å²) in [5.74, 6) is 1.39. The van der Waals surface area contributed by atoms with E-state index in [4.69, 9.17) is 9.47 Å². The number of hydrogen-bond acceptors (Lipinski definition) is 4. The number of fused-ring (bicyclic) bond motifs is 1. The monoisotopic (exact) mass is 404 g/mol. The van der Waals surface area contributed by atoms with E-state index in [0.29, 0.717) is 12.4 Å². The lowest BCUT2D eigenvalue weighted by Crippen LogP contribution is -2.34. The molecule has 0 saturated heterocycles. The van der Waals surface area contributed by atoms with E-state index in [1.54, 1.807) is 0 Å². The lowest BCUT2D eigenvalue weighted by atomic mass is 10.1.